The van der Waals surface area contributed by atoms with Crippen LogP contribution in [0.3, 0.4) is 0 Å². The summed E-state index contributed by atoms with van der Waals surface area (Å²) in [6.45, 7) is 5.01. The quantitative estimate of drug-likeness (QED) is 0.220. The van der Waals surface area contributed by atoms with Crippen molar-refractivity contribution in [1.29, 1.82) is 0 Å². The van der Waals surface area contributed by atoms with Crippen molar-refractivity contribution in [2.75, 3.05) is 19.5 Å². The highest BCUT2D eigenvalue weighted by molar-refractivity contribution is 7.99. The minimum absolute atomic E-state index is 0.553. The van der Waals surface area contributed by atoms with E-state index in [0.29, 0.717) is 24.7 Å². The summed E-state index contributed by atoms with van der Waals surface area (Å²) in [7, 11) is 1.64. The molecule has 0 atom stereocenters. The SMILES string of the molecule is C=CCn1c(SCCOc2ccc(OC)cc2)nnc1-c1cc2ccccc2o1. The van der Waals surface area contributed by atoms with Gasteiger partial charge in [0.1, 0.15) is 17.1 Å². The van der Waals surface area contributed by atoms with Crippen LogP contribution in [0, 0.1) is 0 Å². The zero-order valence-corrected chi connectivity index (χ0v) is 16.9. The van der Waals surface area contributed by atoms with E-state index in [1.807, 2.05) is 65.2 Å². The van der Waals surface area contributed by atoms with Crippen LogP contribution in [-0.4, -0.2) is 34.2 Å². The molecule has 0 aliphatic rings. The Labute approximate surface area is 173 Å². The lowest BCUT2D eigenvalue weighted by Gasteiger charge is -2.08. The van der Waals surface area contributed by atoms with Gasteiger partial charge in [-0.15, -0.1) is 16.8 Å². The molecule has 0 unspecified atom stereocenters. The van der Waals surface area contributed by atoms with Crippen molar-refractivity contribution in [2.24, 2.45) is 0 Å². The first-order chi connectivity index (χ1) is 14.3. The van der Waals surface area contributed by atoms with Crippen LogP contribution in [-0.2, 0) is 6.54 Å². The highest BCUT2D eigenvalue weighted by atomic mass is 32.2. The van der Waals surface area contributed by atoms with Gasteiger partial charge in [-0.05, 0) is 36.4 Å². The number of benzene rings is 2. The summed E-state index contributed by atoms with van der Waals surface area (Å²) in [5.74, 6) is 3.74. The van der Waals surface area contributed by atoms with Crippen LogP contribution in [0.5, 0.6) is 11.5 Å². The molecule has 0 aliphatic heterocycles. The molecule has 4 rings (SSSR count). The van der Waals surface area contributed by atoms with Crippen molar-refractivity contribution < 1.29 is 13.9 Å². The van der Waals surface area contributed by atoms with E-state index >= 15 is 0 Å². The molecule has 29 heavy (non-hydrogen) atoms. The Morgan fingerprint density at radius 3 is 2.66 bits per heavy atom. The average Bonchev–Trinajstić information content (AvgIpc) is 3.36. The van der Waals surface area contributed by atoms with Crippen LogP contribution in [0.2, 0.25) is 0 Å². The van der Waals surface area contributed by atoms with E-state index in [-0.39, 0.29) is 0 Å². The first-order valence-electron chi connectivity index (χ1n) is 9.21. The van der Waals surface area contributed by atoms with Crippen molar-refractivity contribution in [3.63, 3.8) is 0 Å². The number of methoxy groups -OCH3 is 1. The van der Waals surface area contributed by atoms with Gasteiger partial charge in [-0.25, -0.2) is 0 Å². The van der Waals surface area contributed by atoms with Crippen LogP contribution in [0.25, 0.3) is 22.6 Å². The van der Waals surface area contributed by atoms with E-state index in [1.165, 1.54) is 0 Å². The number of para-hydroxylation sites is 1. The Hall–Kier alpha value is -3.19. The fourth-order valence-electron chi connectivity index (χ4n) is 2.93. The molecule has 7 heteroatoms. The third-order valence-electron chi connectivity index (χ3n) is 4.32. The van der Waals surface area contributed by atoms with Gasteiger partial charge >= 0.3 is 0 Å². The first-order valence-corrected chi connectivity index (χ1v) is 10.2. The highest BCUT2D eigenvalue weighted by Gasteiger charge is 2.17. The third kappa shape index (κ3) is 4.30. The molecule has 0 radical (unpaired) electrons. The Kier molecular flexibility index (Phi) is 5.86. The number of aromatic nitrogens is 3. The number of rotatable bonds is 9. The molecule has 2 aromatic carbocycles. The van der Waals surface area contributed by atoms with E-state index in [4.69, 9.17) is 13.9 Å². The zero-order valence-electron chi connectivity index (χ0n) is 16.1. The molecule has 0 saturated heterocycles. The van der Waals surface area contributed by atoms with E-state index < -0.39 is 0 Å². The second-order valence-corrected chi connectivity index (χ2v) is 7.29. The summed E-state index contributed by atoms with van der Waals surface area (Å²) in [5.41, 5.74) is 0.831. The molecule has 2 aromatic heterocycles. The van der Waals surface area contributed by atoms with Crippen molar-refractivity contribution in [2.45, 2.75) is 11.7 Å². The van der Waals surface area contributed by atoms with Gasteiger partial charge in [-0.3, -0.25) is 4.57 Å². The standard InChI is InChI=1S/C22H21N3O3S/c1-3-12-25-21(20-15-16-6-4-5-7-19(16)28-20)23-24-22(25)29-14-13-27-18-10-8-17(26-2)9-11-18/h3-11,15H,1,12-14H2,2H3. The van der Waals surface area contributed by atoms with Crippen molar-refractivity contribution in [3.05, 3.63) is 67.3 Å². The molecule has 0 bridgehead atoms. The van der Waals surface area contributed by atoms with Gasteiger partial charge in [-0.2, -0.15) is 0 Å². The minimum Gasteiger partial charge on any atom is -0.497 e. The van der Waals surface area contributed by atoms with Crippen LogP contribution >= 0.6 is 11.8 Å². The Balaban J connectivity index is 1.44. The smallest absolute Gasteiger partial charge is 0.200 e. The summed E-state index contributed by atoms with van der Waals surface area (Å²) < 4.78 is 18.9. The number of hydrogen-bond acceptors (Lipinski definition) is 6. The third-order valence-corrected chi connectivity index (χ3v) is 5.25. The largest absolute Gasteiger partial charge is 0.497 e. The van der Waals surface area contributed by atoms with Gasteiger partial charge < -0.3 is 13.9 Å². The Bertz CT molecular complexity index is 1070. The fourth-order valence-corrected chi connectivity index (χ4v) is 3.69. The maximum Gasteiger partial charge on any atom is 0.200 e. The van der Waals surface area contributed by atoms with Crippen LogP contribution in [0.4, 0.5) is 0 Å². The molecular weight excluding hydrogens is 386 g/mol. The monoisotopic (exact) mass is 407 g/mol. The van der Waals surface area contributed by atoms with Crippen molar-refractivity contribution >= 4 is 22.7 Å². The Morgan fingerprint density at radius 1 is 1.10 bits per heavy atom. The molecule has 6 nitrogen and oxygen atoms in total. The summed E-state index contributed by atoms with van der Waals surface area (Å²) in [4.78, 5) is 0. The number of allylic oxidation sites excluding steroid dienone is 1. The van der Waals surface area contributed by atoms with Crippen molar-refractivity contribution in [3.8, 4) is 23.1 Å². The molecule has 2 heterocycles. The van der Waals surface area contributed by atoms with Crippen LogP contribution in [0.15, 0.2) is 76.8 Å². The predicted molar refractivity (Wildman–Crippen MR) is 115 cm³/mol. The number of hydrogen-bond donors (Lipinski definition) is 0. The lowest BCUT2D eigenvalue weighted by atomic mass is 10.2. The van der Waals surface area contributed by atoms with Crippen LogP contribution < -0.4 is 9.47 Å². The van der Waals surface area contributed by atoms with Gasteiger partial charge in [0.15, 0.2) is 10.9 Å². The van der Waals surface area contributed by atoms with Gasteiger partial charge in [0.25, 0.3) is 0 Å². The number of thioether (sulfide) groups is 1. The molecular formula is C22H21N3O3S. The normalized spacial score (nSPS) is 10.9. The van der Waals surface area contributed by atoms with E-state index in [0.717, 1.165) is 33.4 Å². The average molecular weight is 407 g/mol. The number of furan rings is 1. The first kappa shape index (κ1) is 19.1. The summed E-state index contributed by atoms with van der Waals surface area (Å²) in [6.07, 6.45) is 1.83. The summed E-state index contributed by atoms with van der Waals surface area (Å²) in [5, 5.41) is 10.5. The van der Waals surface area contributed by atoms with Gasteiger partial charge in [0, 0.05) is 17.7 Å². The van der Waals surface area contributed by atoms with Crippen molar-refractivity contribution in [1.82, 2.24) is 14.8 Å². The molecule has 0 N–H and O–H groups in total. The lowest BCUT2D eigenvalue weighted by Crippen LogP contribution is -2.04. The summed E-state index contributed by atoms with van der Waals surface area (Å²) in [6, 6.07) is 17.4. The molecule has 0 saturated carbocycles. The predicted octanol–water partition coefficient (Wildman–Crippen LogP) is 5.06. The second kappa shape index (κ2) is 8.87. The van der Waals surface area contributed by atoms with E-state index in [9.17, 15) is 0 Å². The molecule has 0 fully saturated rings. The fraction of sp³-hybridized carbons (Fsp3) is 0.182. The maximum atomic E-state index is 5.95. The number of nitrogens with zero attached hydrogens (tertiary/aromatic N) is 3. The molecule has 0 spiro atoms. The minimum atomic E-state index is 0.553. The molecule has 0 amide bonds. The Morgan fingerprint density at radius 2 is 1.90 bits per heavy atom. The lowest BCUT2D eigenvalue weighted by molar-refractivity contribution is 0.342. The highest BCUT2D eigenvalue weighted by Crippen LogP contribution is 2.29. The van der Waals surface area contributed by atoms with Gasteiger partial charge in [-0.1, -0.05) is 36.0 Å². The molecule has 4 aromatic rings. The van der Waals surface area contributed by atoms with Gasteiger partial charge in [0.2, 0.25) is 5.82 Å². The topological polar surface area (TPSA) is 62.3 Å². The van der Waals surface area contributed by atoms with E-state index in [2.05, 4.69) is 16.8 Å². The molecule has 148 valence electrons. The zero-order chi connectivity index (χ0) is 20.1. The van der Waals surface area contributed by atoms with E-state index in [1.54, 1.807) is 18.9 Å². The van der Waals surface area contributed by atoms with Gasteiger partial charge in [0.05, 0.1) is 13.7 Å². The van der Waals surface area contributed by atoms with Crippen LogP contribution in [0.1, 0.15) is 0 Å². The second-order valence-electron chi connectivity index (χ2n) is 6.23. The summed E-state index contributed by atoms with van der Waals surface area (Å²) >= 11 is 1.59. The molecule has 0 aliphatic carbocycles. The number of ether oxygens (including phenoxy) is 2. The maximum absolute atomic E-state index is 5.95. The number of fused-ring (bicyclic) bond motifs is 1.